The molecule has 33 heavy (non-hydrogen) atoms. The molecule has 1 aliphatic rings. The van der Waals surface area contributed by atoms with Crippen molar-refractivity contribution in [2.45, 2.75) is 37.8 Å². The van der Waals surface area contributed by atoms with Crippen molar-refractivity contribution in [1.82, 2.24) is 0 Å². The first-order valence-electron chi connectivity index (χ1n) is 10.7. The van der Waals surface area contributed by atoms with E-state index in [1.54, 1.807) is 14.2 Å². The van der Waals surface area contributed by atoms with Gasteiger partial charge < -0.3 is 34.7 Å². The average Bonchev–Trinajstić information content (AvgIpc) is 2.85. The minimum atomic E-state index is 0. The summed E-state index contributed by atoms with van der Waals surface area (Å²) in [5.74, 6) is 1.63. The molecule has 0 spiro atoms. The molecule has 0 unspecified atom stereocenters. The molecular weight excluding hydrogens is 495 g/mol. The zero-order chi connectivity index (χ0) is 22.8. The van der Waals surface area contributed by atoms with E-state index in [4.69, 9.17) is 44.7 Å². The summed E-state index contributed by atoms with van der Waals surface area (Å²) < 4.78 is 10.4. The van der Waals surface area contributed by atoms with E-state index in [2.05, 4.69) is 0 Å². The molecule has 176 valence electrons. The molecule has 0 amide bonds. The standard InChI is InChI=1S/C26H30N2O2S2.Ni/c1-29-21-11-7-19(8-12-21)25(31)15-17-27-23-5-3-4-6-24(23)28-18-16-26(32)20-9-13-22(30-2)14-10-20;/h7-18,23-24,31-32H,3-6H2,1-2H3;/q;+2/p-2/b25-15-,26-16-,27-17?,28-18?;/t23-,24-;/m1./s1. The van der Waals surface area contributed by atoms with E-state index in [9.17, 15) is 0 Å². The zero-order valence-corrected chi connectivity index (χ0v) is 21.4. The summed E-state index contributed by atoms with van der Waals surface area (Å²) in [5.41, 5.74) is 1.96. The third kappa shape index (κ3) is 8.26. The quantitative estimate of drug-likeness (QED) is 0.256. The van der Waals surface area contributed by atoms with Crippen LogP contribution in [0.4, 0.5) is 0 Å². The van der Waals surface area contributed by atoms with Crippen molar-refractivity contribution < 1.29 is 26.0 Å². The Kier molecular flexibility index (Phi) is 11.6. The summed E-state index contributed by atoms with van der Waals surface area (Å²) in [6, 6.07) is 15.8. The van der Waals surface area contributed by atoms with Gasteiger partial charge in [0.2, 0.25) is 0 Å². The van der Waals surface area contributed by atoms with Crippen LogP contribution in [0, 0.1) is 0 Å². The number of hydrogen-bond acceptors (Lipinski definition) is 6. The molecule has 4 nitrogen and oxygen atoms in total. The Morgan fingerprint density at radius 2 is 1.09 bits per heavy atom. The molecule has 2 atom stereocenters. The monoisotopic (exact) mass is 522 g/mol. The predicted octanol–water partition coefficient (Wildman–Crippen LogP) is 5.63. The molecule has 3 rings (SSSR count). The van der Waals surface area contributed by atoms with Crippen LogP contribution >= 0.6 is 0 Å². The summed E-state index contributed by atoms with van der Waals surface area (Å²) in [5, 5.41) is 0. The van der Waals surface area contributed by atoms with Gasteiger partial charge in [0.15, 0.2) is 0 Å². The molecule has 0 radical (unpaired) electrons. The molecule has 1 aliphatic carbocycles. The minimum Gasteiger partial charge on any atom is -0.779 e. The van der Waals surface area contributed by atoms with E-state index >= 15 is 0 Å². The van der Waals surface area contributed by atoms with Crippen LogP contribution in [0.5, 0.6) is 11.5 Å². The van der Waals surface area contributed by atoms with Gasteiger partial charge in [-0.1, -0.05) is 49.3 Å². The Hall–Kier alpha value is -2.21. The molecular formula is C26H28N2NiO2S2. The van der Waals surface area contributed by atoms with Gasteiger partial charge in [0.25, 0.3) is 0 Å². The summed E-state index contributed by atoms with van der Waals surface area (Å²) in [6.07, 6.45) is 11.8. The number of ether oxygens (including phenoxy) is 2. The van der Waals surface area contributed by atoms with Crippen molar-refractivity contribution in [2.75, 3.05) is 14.2 Å². The van der Waals surface area contributed by atoms with Crippen LogP contribution < -0.4 is 9.47 Å². The first-order valence-corrected chi connectivity index (χ1v) is 11.5. The van der Waals surface area contributed by atoms with Gasteiger partial charge in [-0.3, -0.25) is 9.98 Å². The maximum Gasteiger partial charge on any atom is 2.00 e. The third-order valence-electron chi connectivity index (χ3n) is 5.45. The number of rotatable bonds is 8. The fourth-order valence-electron chi connectivity index (χ4n) is 3.59. The van der Waals surface area contributed by atoms with E-state index in [1.165, 1.54) is 12.8 Å². The van der Waals surface area contributed by atoms with Crippen LogP contribution in [0.3, 0.4) is 0 Å². The van der Waals surface area contributed by atoms with Gasteiger partial charge in [-0.25, -0.2) is 0 Å². The third-order valence-corrected chi connectivity index (χ3v) is 6.19. The van der Waals surface area contributed by atoms with Crippen LogP contribution in [-0.2, 0) is 41.7 Å². The van der Waals surface area contributed by atoms with Gasteiger partial charge in [0.1, 0.15) is 11.5 Å². The first-order chi connectivity index (χ1) is 15.6. The summed E-state index contributed by atoms with van der Waals surface area (Å²) >= 11 is 11.0. The zero-order valence-electron chi connectivity index (χ0n) is 18.8. The van der Waals surface area contributed by atoms with Gasteiger partial charge in [-0.2, -0.15) is 9.81 Å². The molecule has 7 heteroatoms. The summed E-state index contributed by atoms with van der Waals surface area (Å²) in [4.78, 5) is 11.1. The van der Waals surface area contributed by atoms with E-state index in [-0.39, 0.29) is 28.6 Å². The van der Waals surface area contributed by atoms with E-state index < -0.39 is 0 Å². The second-order valence-corrected chi connectivity index (χ2v) is 8.41. The van der Waals surface area contributed by atoms with Crippen molar-refractivity contribution in [1.29, 1.82) is 0 Å². The number of hydrogen-bond donors (Lipinski definition) is 0. The van der Waals surface area contributed by atoms with E-state index in [0.29, 0.717) is 0 Å². The summed E-state index contributed by atoms with van der Waals surface area (Å²) in [6.45, 7) is 0. The van der Waals surface area contributed by atoms with Gasteiger partial charge in [-0.15, -0.1) is 0 Å². The molecule has 0 aliphatic heterocycles. The van der Waals surface area contributed by atoms with Crippen molar-refractivity contribution in [3.8, 4) is 11.5 Å². The van der Waals surface area contributed by atoms with E-state index in [0.717, 1.165) is 45.3 Å². The van der Waals surface area contributed by atoms with Crippen LogP contribution in [0.15, 0.2) is 70.7 Å². The van der Waals surface area contributed by atoms with Gasteiger partial charge in [0, 0.05) is 12.4 Å². The second kappa shape index (κ2) is 14.1. The Bertz CT molecular complexity index is 905. The Morgan fingerprint density at radius 3 is 1.42 bits per heavy atom. The van der Waals surface area contributed by atoms with Gasteiger partial charge >= 0.3 is 16.5 Å². The van der Waals surface area contributed by atoms with Crippen LogP contribution in [-0.4, -0.2) is 38.7 Å². The number of allylic oxidation sites excluding steroid dienone is 2. The van der Waals surface area contributed by atoms with E-state index in [1.807, 2.05) is 73.1 Å². The first kappa shape index (κ1) is 27.0. The minimum absolute atomic E-state index is 0. The number of aliphatic imine (C=N–C) groups is 2. The Balaban J connectivity index is 0.00000385. The van der Waals surface area contributed by atoms with Crippen LogP contribution in [0.25, 0.3) is 9.81 Å². The SMILES string of the molecule is COc1ccc(/C([S-])=C/C=N[C@@H]2CCCC[C@H]2N=C/C=C(\[S-])c2ccc(OC)cc2)cc1.[Ni+2]. The van der Waals surface area contributed by atoms with Crippen molar-refractivity contribution in [3.05, 3.63) is 71.8 Å². The molecule has 2 aromatic rings. The number of nitrogens with zero attached hydrogens (tertiary/aromatic N) is 2. The number of benzene rings is 2. The topological polar surface area (TPSA) is 43.2 Å². The van der Waals surface area contributed by atoms with Gasteiger partial charge in [0.05, 0.1) is 26.3 Å². The van der Waals surface area contributed by atoms with Crippen LogP contribution in [0.1, 0.15) is 36.8 Å². The molecule has 0 saturated heterocycles. The Morgan fingerprint density at radius 1 is 0.727 bits per heavy atom. The fraction of sp³-hybridized carbons (Fsp3) is 0.308. The molecule has 0 bridgehead atoms. The Labute approximate surface area is 218 Å². The molecule has 1 fully saturated rings. The van der Waals surface area contributed by atoms with Crippen LogP contribution in [0.2, 0.25) is 0 Å². The normalized spacial score (nSPS) is 19.5. The molecule has 2 aromatic carbocycles. The number of methoxy groups -OCH3 is 2. The van der Waals surface area contributed by atoms with Crippen molar-refractivity contribution >= 4 is 47.5 Å². The maximum absolute atomic E-state index is 5.51. The average molecular weight is 523 g/mol. The molecule has 0 aromatic heterocycles. The fourth-order valence-corrected chi connectivity index (χ4v) is 3.98. The molecule has 0 heterocycles. The van der Waals surface area contributed by atoms with Crippen molar-refractivity contribution in [3.63, 3.8) is 0 Å². The maximum atomic E-state index is 5.51. The predicted molar refractivity (Wildman–Crippen MR) is 140 cm³/mol. The largest absolute Gasteiger partial charge is 2.00 e. The van der Waals surface area contributed by atoms with Crippen molar-refractivity contribution in [2.24, 2.45) is 9.98 Å². The van der Waals surface area contributed by atoms with Gasteiger partial charge in [-0.05, 0) is 48.2 Å². The second-order valence-electron chi connectivity index (χ2n) is 7.53. The molecule has 0 N–H and O–H groups in total. The summed E-state index contributed by atoms with van der Waals surface area (Å²) in [7, 11) is 3.30. The molecule has 1 saturated carbocycles. The smallest absolute Gasteiger partial charge is 0.779 e.